The highest BCUT2D eigenvalue weighted by molar-refractivity contribution is 7.09. The van der Waals surface area contributed by atoms with Crippen molar-refractivity contribution in [2.75, 3.05) is 7.05 Å². The maximum Gasteiger partial charge on any atom is 0.318 e. The molecule has 0 radical (unpaired) electrons. The molecule has 5 nitrogen and oxygen atoms in total. The van der Waals surface area contributed by atoms with Crippen LogP contribution in [0.25, 0.3) is 0 Å². The largest absolute Gasteiger partial charge is 0.351 e. The van der Waals surface area contributed by atoms with Gasteiger partial charge in [-0.2, -0.15) is 0 Å². The number of rotatable bonds is 5. The maximum absolute atomic E-state index is 12.3. The summed E-state index contributed by atoms with van der Waals surface area (Å²) in [7, 11) is 1.85. The predicted octanol–water partition coefficient (Wildman–Crippen LogP) is 2.12. The molecule has 0 fully saturated rings. The van der Waals surface area contributed by atoms with Gasteiger partial charge in [-0.25, -0.2) is 4.79 Å². The van der Waals surface area contributed by atoms with E-state index in [4.69, 9.17) is 5.73 Å². The van der Waals surface area contributed by atoms with E-state index in [9.17, 15) is 9.59 Å². The molecule has 0 aliphatic carbocycles. The second kappa shape index (κ2) is 7.01. The van der Waals surface area contributed by atoms with Gasteiger partial charge in [0, 0.05) is 11.4 Å². The average Bonchev–Trinajstić information content (AvgIpc) is 2.92. The molecule has 1 aromatic carbocycles. The van der Waals surface area contributed by atoms with Crippen molar-refractivity contribution in [3.63, 3.8) is 0 Å². The number of thiophene rings is 1. The Morgan fingerprint density at radius 3 is 2.52 bits per heavy atom. The molecule has 1 atom stereocenters. The summed E-state index contributed by atoms with van der Waals surface area (Å²) in [5.74, 6) is -0.423. The van der Waals surface area contributed by atoms with Gasteiger partial charge in [-0.1, -0.05) is 36.4 Å². The fraction of sp³-hybridized carbons (Fsp3) is 0.200. The van der Waals surface area contributed by atoms with Crippen molar-refractivity contribution in [1.29, 1.82) is 0 Å². The number of likely N-dealkylation sites (N-methyl/N-ethyl adjacent to an activating group) is 1. The summed E-state index contributed by atoms with van der Waals surface area (Å²) in [6, 6.07) is 11.9. The number of carbonyl (C=O) groups excluding carboxylic acids is 2. The van der Waals surface area contributed by atoms with Crippen LogP contribution < -0.4 is 11.1 Å². The van der Waals surface area contributed by atoms with Gasteiger partial charge in [0.2, 0.25) is 5.91 Å². The van der Waals surface area contributed by atoms with Gasteiger partial charge < -0.3 is 5.73 Å². The number of imide groups is 1. The number of nitrogens with two attached hydrogens (primary N) is 1. The quantitative estimate of drug-likeness (QED) is 0.888. The second-order valence-electron chi connectivity index (χ2n) is 4.66. The molecule has 0 unspecified atom stereocenters. The number of hydrogen-bond acceptors (Lipinski definition) is 4. The third-order valence-electron chi connectivity index (χ3n) is 3.04. The van der Waals surface area contributed by atoms with Crippen molar-refractivity contribution in [1.82, 2.24) is 10.2 Å². The van der Waals surface area contributed by atoms with Gasteiger partial charge in [0.25, 0.3) is 0 Å². The topological polar surface area (TPSA) is 75.4 Å². The number of hydrogen-bond donors (Lipinski definition) is 2. The smallest absolute Gasteiger partial charge is 0.318 e. The molecule has 0 saturated heterocycles. The van der Waals surface area contributed by atoms with Crippen LogP contribution in [0.3, 0.4) is 0 Å². The van der Waals surface area contributed by atoms with Gasteiger partial charge in [0.15, 0.2) is 0 Å². The van der Waals surface area contributed by atoms with E-state index in [-0.39, 0.29) is 0 Å². The zero-order valence-electron chi connectivity index (χ0n) is 11.7. The van der Waals surface area contributed by atoms with Crippen molar-refractivity contribution in [2.45, 2.75) is 12.6 Å². The molecule has 0 aliphatic heterocycles. The molecule has 3 N–H and O–H groups in total. The molecule has 3 amide bonds. The maximum atomic E-state index is 12.3. The summed E-state index contributed by atoms with van der Waals surface area (Å²) in [5, 5.41) is 4.15. The van der Waals surface area contributed by atoms with E-state index in [1.165, 1.54) is 0 Å². The fourth-order valence-electron chi connectivity index (χ4n) is 2.17. The van der Waals surface area contributed by atoms with E-state index in [0.29, 0.717) is 6.54 Å². The Bertz CT molecular complexity index is 599. The van der Waals surface area contributed by atoms with Crippen molar-refractivity contribution in [2.24, 2.45) is 5.73 Å². The zero-order valence-corrected chi connectivity index (χ0v) is 12.5. The molecule has 1 heterocycles. The minimum atomic E-state index is -0.842. The molecule has 6 heteroatoms. The zero-order chi connectivity index (χ0) is 15.2. The molecule has 1 aromatic heterocycles. The molecular formula is C15H17N3O2S. The average molecular weight is 303 g/mol. The summed E-state index contributed by atoms with van der Waals surface area (Å²) in [5.41, 5.74) is 5.87. The number of nitrogens with one attached hydrogen (secondary N) is 1. The fourth-order valence-corrected chi connectivity index (χ4v) is 2.94. The minimum Gasteiger partial charge on any atom is -0.351 e. The summed E-state index contributed by atoms with van der Waals surface area (Å²) >= 11 is 1.62. The van der Waals surface area contributed by atoms with Gasteiger partial charge in [-0.05, 0) is 24.1 Å². The molecule has 2 rings (SSSR count). The highest BCUT2D eigenvalue weighted by atomic mass is 32.1. The summed E-state index contributed by atoms with van der Waals surface area (Å²) in [6.45, 7) is 0.614. The molecule has 21 heavy (non-hydrogen) atoms. The van der Waals surface area contributed by atoms with E-state index < -0.39 is 18.0 Å². The van der Waals surface area contributed by atoms with E-state index in [1.54, 1.807) is 11.3 Å². The van der Waals surface area contributed by atoms with E-state index in [1.807, 2.05) is 59.8 Å². The van der Waals surface area contributed by atoms with Crippen molar-refractivity contribution in [3.8, 4) is 0 Å². The monoisotopic (exact) mass is 303 g/mol. The predicted molar refractivity (Wildman–Crippen MR) is 82.7 cm³/mol. The lowest BCUT2D eigenvalue weighted by Gasteiger charge is -2.26. The third-order valence-corrected chi connectivity index (χ3v) is 3.90. The first kappa shape index (κ1) is 15.2. The normalized spacial score (nSPS) is 12.1. The van der Waals surface area contributed by atoms with E-state index in [2.05, 4.69) is 5.32 Å². The standard InChI is InChI=1S/C15H17N3O2S/c1-18(10-12-8-5-9-21-12)13(14(19)17-15(16)20)11-6-3-2-4-7-11/h2-9,13H,10H2,1H3,(H3,16,17,19,20)/t13-/m0/s1. The SMILES string of the molecule is CN(Cc1cccs1)[C@H](C(=O)NC(N)=O)c1ccccc1. The Morgan fingerprint density at radius 1 is 1.24 bits per heavy atom. The summed E-state index contributed by atoms with van der Waals surface area (Å²) < 4.78 is 0. The minimum absolute atomic E-state index is 0.423. The number of primary amides is 1. The molecular weight excluding hydrogens is 286 g/mol. The van der Waals surface area contributed by atoms with Crippen LogP contribution in [0.2, 0.25) is 0 Å². The lowest BCUT2D eigenvalue weighted by molar-refractivity contribution is -0.125. The van der Waals surface area contributed by atoms with Crippen LogP contribution in [0.4, 0.5) is 4.79 Å². The lowest BCUT2D eigenvalue weighted by atomic mass is 10.0. The Balaban J connectivity index is 2.22. The molecule has 110 valence electrons. The van der Waals surface area contributed by atoms with Gasteiger partial charge in [0.05, 0.1) is 0 Å². The van der Waals surface area contributed by atoms with Gasteiger partial charge in [-0.15, -0.1) is 11.3 Å². The van der Waals surface area contributed by atoms with Crippen LogP contribution in [-0.2, 0) is 11.3 Å². The Morgan fingerprint density at radius 2 is 1.95 bits per heavy atom. The Hall–Kier alpha value is -2.18. The van der Waals surface area contributed by atoms with Crippen molar-refractivity contribution < 1.29 is 9.59 Å². The number of urea groups is 1. The van der Waals surface area contributed by atoms with Gasteiger partial charge >= 0.3 is 6.03 Å². The first-order valence-corrected chi connectivity index (χ1v) is 7.33. The van der Waals surface area contributed by atoms with Crippen molar-refractivity contribution in [3.05, 3.63) is 58.3 Å². The summed E-state index contributed by atoms with van der Waals surface area (Å²) in [4.78, 5) is 26.3. The van der Waals surface area contributed by atoms with Crippen LogP contribution in [-0.4, -0.2) is 23.9 Å². The van der Waals surface area contributed by atoms with Crippen LogP contribution in [0, 0.1) is 0 Å². The first-order valence-electron chi connectivity index (χ1n) is 6.46. The van der Waals surface area contributed by atoms with Crippen LogP contribution >= 0.6 is 11.3 Å². The Labute approximate surface area is 127 Å². The number of carbonyl (C=O) groups is 2. The molecule has 0 bridgehead atoms. The van der Waals surface area contributed by atoms with Gasteiger partial charge in [0.1, 0.15) is 6.04 Å². The van der Waals surface area contributed by atoms with E-state index in [0.717, 1.165) is 10.4 Å². The van der Waals surface area contributed by atoms with Gasteiger partial charge in [-0.3, -0.25) is 15.0 Å². The number of benzene rings is 1. The molecule has 2 aromatic rings. The van der Waals surface area contributed by atoms with E-state index >= 15 is 0 Å². The van der Waals surface area contributed by atoms with Crippen molar-refractivity contribution >= 4 is 23.3 Å². The highest BCUT2D eigenvalue weighted by Gasteiger charge is 2.26. The number of amides is 3. The Kier molecular flexibility index (Phi) is 5.08. The molecule has 0 saturated carbocycles. The molecule has 0 spiro atoms. The second-order valence-corrected chi connectivity index (χ2v) is 5.69. The first-order chi connectivity index (χ1) is 10.1. The van der Waals surface area contributed by atoms with Crippen LogP contribution in [0.15, 0.2) is 47.8 Å². The number of nitrogens with zero attached hydrogens (tertiary/aromatic N) is 1. The van der Waals surface area contributed by atoms with Crippen LogP contribution in [0.1, 0.15) is 16.5 Å². The highest BCUT2D eigenvalue weighted by Crippen LogP contribution is 2.23. The third kappa shape index (κ3) is 4.14. The molecule has 0 aliphatic rings. The van der Waals surface area contributed by atoms with Crippen LogP contribution in [0.5, 0.6) is 0 Å². The lowest BCUT2D eigenvalue weighted by Crippen LogP contribution is -2.43. The summed E-state index contributed by atoms with van der Waals surface area (Å²) in [6.07, 6.45) is 0.